The quantitative estimate of drug-likeness (QED) is 0.531. The number of amides is 2. The number of hydrogen-bond acceptors (Lipinski definition) is 4. The topological polar surface area (TPSA) is 80.1 Å². The van der Waals surface area contributed by atoms with Crippen LogP contribution in [0.2, 0.25) is 0 Å². The van der Waals surface area contributed by atoms with Gasteiger partial charge in [-0.3, -0.25) is 19.3 Å². The van der Waals surface area contributed by atoms with E-state index in [1.54, 1.807) is 29.9 Å². The Morgan fingerprint density at radius 3 is 2.53 bits per heavy atom. The number of aromatic nitrogens is 3. The standard InChI is InChI=1S/C23H22F3N5O2.CH4/c1-3-4-18-13-30(17-7-5-15(6-8-17)23(24,25)26)22(33)20-19(12-28-31(18)20)21(32)29-16-9-10-27-14(2)11-16;/h5-12,18H,3-4,13H2,1-2H3,(H,27,29,32);1H4. The summed E-state index contributed by atoms with van der Waals surface area (Å²) in [6.45, 7) is 4.02. The van der Waals surface area contributed by atoms with Crippen molar-refractivity contribution in [1.29, 1.82) is 0 Å². The van der Waals surface area contributed by atoms with Crippen LogP contribution in [0.4, 0.5) is 24.5 Å². The first-order chi connectivity index (χ1) is 15.7. The molecule has 0 radical (unpaired) electrons. The number of aryl methyl sites for hydroxylation is 1. The third-order valence-electron chi connectivity index (χ3n) is 5.51. The molecule has 0 fully saturated rings. The summed E-state index contributed by atoms with van der Waals surface area (Å²) in [5.74, 6) is -0.990. The fourth-order valence-corrected chi connectivity index (χ4v) is 3.94. The van der Waals surface area contributed by atoms with Gasteiger partial charge >= 0.3 is 6.18 Å². The zero-order valence-electron chi connectivity index (χ0n) is 18.1. The van der Waals surface area contributed by atoms with Crippen molar-refractivity contribution in [3.8, 4) is 0 Å². The van der Waals surface area contributed by atoms with Crippen LogP contribution in [0.15, 0.2) is 48.8 Å². The molecule has 0 aliphatic carbocycles. The van der Waals surface area contributed by atoms with E-state index in [2.05, 4.69) is 15.4 Å². The van der Waals surface area contributed by atoms with Crippen LogP contribution in [-0.4, -0.2) is 33.1 Å². The number of anilines is 2. The highest BCUT2D eigenvalue weighted by Gasteiger charge is 2.37. The number of benzene rings is 1. The van der Waals surface area contributed by atoms with Gasteiger partial charge in [0.25, 0.3) is 11.8 Å². The van der Waals surface area contributed by atoms with Gasteiger partial charge in [0.1, 0.15) is 5.69 Å². The fraction of sp³-hybridized carbons (Fsp3) is 0.333. The van der Waals surface area contributed by atoms with E-state index in [1.807, 2.05) is 6.92 Å². The van der Waals surface area contributed by atoms with Crippen LogP contribution in [0, 0.1) is 6.92 Å². The van der Waals surface area contributed by atoms with Crippen molar-refractivity contribution < 1.29 is 22.8 Å². The summed E-state index contributed by atoms with van der Waals surface area (Å²) >= 11 is 0. The molecule has 2 amide bonds. The molecule has 0 spiro atoms. The molecule has 34 heavy (non-hydrogen) atoms. The van der Waals surface area contributed by atoms with E-state index >= 15 is 0 Å². The first-order valence-electron chi connectivity index (χ1n) is 10.5. The summed E-state index contributed by atoms with van der Waals surface area (Å²) < 4.78 is 40.4. The SMILES string of the molecule is C.CCCC1CN(c2ccc(C(F)(F)F)cc2)C(=O)c2c(C(=O)Nc3ccnc(C)c3)cnn21. The molecule has 10 heteroatoms. The van der Waals surface area contributed by atoms with Gasteiger partial charge < -0.3 is 10.2 Å². The molecule has 0 saturated carbocycles. The zero-order valence-corrected chi connectivity index (χ0v) is 18.1. The van der Waals surface area contributed by atoms with Crippen molar-refractivity contribution in [3.05, 3.63) is 71.3 Å². The molecule has 1 aliphatic rings. The highest BCUT2D eigenvalue weighted by molar-refractivity contribution is 6.15. The van der Waals surface area contributed by atoms with E-state index in [0.29, 0.717) is 17.8 Å². The smallest absolute Gasteiger partial charge is 0.322 e. The number of fused-ring (bicyclic) bond motifs is 1. The summed E-state index contributed by atoms with van der Waals surface area (Å²) in [4.78, 5) is 31.9. The molecule has 4 rings (SSSR count). The van der Waals surface area contributed by atoms with Gasteiger partial charge in [0, 0.05) is 29.8 Å². The minimum absolute atomic E-state index is 0. The normalized spacial score (nSPS) is 15.5. The maximum Gasteiger partial charge on any atom is 0.416 e. The first-order valence-corrected chi connectivity index (χ1v) is 10.5. The number of rotatable bonds is 5. The zero-order chi connectivity index (χ0) is 23.8. The Kier molecular flexibility index (Phi) is 7.09. The monoisotopic (exact) mass is 473 g/mol. The Bertz CT molecular complexity index is 1190. The van der Waals surface area contributed by atoms with Gasteiger partial charge in [0.05, 0.1) is 23.4 Å². The van der Waals surface area contributed by atoms with Crippen molar-refractivity contribution >= 4 is 23.2 Å². The maximum absolute atomic E-state index is 13.4. The Balaban J connectivity index is 0.00000324. The Morgan fingerprint density at radius 2 is 1.91 bits per heavy atom. The van der Waals surface area contributed by atoms with Crippen LogP contribution >= 0.6 is 0 Å². The molecule has 1 unspecified atom stereocenters. The molecule has 180 valence electrons. The lowest BCUT2D eigenvalue weighted by molar-refractivity contribution is -0.137. The molecule has 3 aromatic rings. The van der Waals surface area contributed by atoms with E-state index in [4.69, 9.17) is 0 Å². The van der Waals surface area contributed by atoms with Crippen molar-refractivity contribution in [2.75, 3.05) is 16.8 Å². The Hall–Kier alpha value is -3.69. The summed E-state index contributed by atoms with van der Waals surface area (Å²) in [7, 11) is 0. The number of pyridine rings is 1. The molecular formula is C24H26F3N5O2. The molecule has 1 aromatic carbocycles. The van der Waals surface area contributed by atoms with Crippen molar-refractivity contribution in [2.45, 2.75) is 46.3 Å². The second kappa shape index (κ2) is 9.66. The van der Waals surface area contributed by atoms with E-state index in [1.165, 1.54) is 23.2 Å². The molecule has 1 N–H and O–H groups in total. The second-order valence-electron chi connectivity index (χ2n) is 7.89. The van der Waals surface area contributed by atoms with E-state index in [0.717, 1.165) is 24.2 Å². The Labute approximate surface area is 195 Å². The van der Waals surface area contributed by atoms with Crippen molar-refractivity contribution in [2.24, 2.45) is 0 Å². The molecule has 7 nitrogen and oxygen atoms in total. The predicted octanol–water partition coefficient (Wildman–Crippen LogP) is 5.50. The van der Waals surface area contributed by atoms with E-state index < -0.39 is 23.6 Å². The number of alkyl halides is 3. The lowest BCUT2D eigenvalue weighted by atomic mass is 10.0. The van der Waals surface area contributed by atoms with Gasteiger partial charge in [-0.15, -0.1) is 0 Å². The lowest BCUT2D eigenvalue weighted by Gasteiger charge is -2.34. The van der Waals surface area contributed by atoms with E-state index in [-0.39, 0.29) is 31.3 Å². The highest BCUT2D eigenvalue weighted by atomic mass is 19.4. The summed E-state index contributed by atoms with van der Waals surface area (Å²) in [6.07, 6.45) is -0.0619. The van der Waals surface area contributed by atoms with Gasteiger partial charge in [-0.05, 0) is 49.7 Å². The van der Waals surface area contributed by atoms with Gasteiger partial charge in [-0.2, -0.15) is 18.3 Å². The largest absolute Gasteiger partial charge is 0.416 e. The number of carbonyl (C=O) groups is 2. The van der Waals surface area contributed by atoms with Gasteiger partial charge in [-0.1, -0.05) is 20.8 Å². The number of nitrogens with zero attached hydrogens (tertiary/aromatic N) is 4. The number of halogens is 3. The van der Waals surface area contributed by atoms with Crippen LogP contribution in [-0.2, 0) is 6.18 Å². The molecule has 0 bridgehead atoms. The fourth-order valence-electron chi connectivity index (χ4n) is 3.94. The molecule has 1 atom stereocenters. The second-order valence-corrected chi connectivity index (χ2v) is 7.89. The highest BCUT2D eigenvalue weighted by Crippen LogP contribution is 2.34. The number of hydrogen-bond donors (Lipinski definition) is 1. The third kappa shape index (κ3) is 4.80. The number of nitrogens with one attached hydrogen (secondary N) is 1. The molecular weight excluding hydrogens is 447 g/mol. The lowest BCUT2D eigenvalue weighted by Crippen LogP contribution is -2.44. The summed E-state index contributed by atoms with van der Waals surface area (Å²) in [5.41, 5.74) is 1.00. The maximum atomic E-state index is 13.4. The van der Waals surface area contributed by atoms with Crippen LogP contribution in [0.1, 0.15) is 65.3 Å². The van der Waals surface area contributed by atoms with Crippen LogP contribution in [0.3, 0.4) is 0 Å². The van der Waals surface area contributed by atoms with Gasteiger partial charge in [0.2, 0.25) is 0 Å². The average Bonchev–Trinajstić information content (AvgIpc) is 3.21. The molecule has 3 heterocycles. The molecule has 1 aliphatic heterocycles. The third-order valence-corrected chi connectivity index (χ3v) is 5.51. The van der Waals surface area contributed by atoms with E-state index in [9.17, 15) is 22.8 Å². The van der Waals surface area contributed by atoms with Gasteiger partial charge in [0.15, 0.2) is 0 Å². The van der Waals surface area contributed by atoms with Crippen LogP contribution < -0.4 is 10.2 Å². The van der Waals surface area contributed by atoms with Crippen molar-refractivity contribution in [1.82, 2.24) is 14.8 Å². The summed E-state index contributed by atoms with van der Waals surface area (Å²) in [5, 5.41) is 7.06. The predicted molar refractivity (Wildman–Crippen MR) is 123 cm³/mol. The molecule has 0 saturated heterocycles. The molecule has 2 aromatic heterocycles. The Morgan fingerprint density at radius 1 is 1.21 bits per heavy atom. The average molecular weight is 473 g/mol. The minimum atomic E-state index is -4.47. The van der Waals surface area contributed by atoms with Crippen molar-refractivity contribution in [3.63, 3.8) is 0 Å². The summed E-state index contributed by atoms with van der Waals surface area (Å²) in [6, 6.07) is 7.56. The first kappa shape index (κ1) is 24.9. The van der Waals surface area contributed by atoms with Crippen LogP contribution in [0.25, 0.3) is 0 Å². The van der Waals surface area contributed by atoms with Gasteiger partial charge in [-0.25, -0.2) is 0 Å². The van der Waals surface area contributed by atoms with Crippen LogP contribution in [0.5, 0.6) is 0 Å². The minimum Gasteiger partial charge on any atom is -0.322 e. The number of carbonyl (C=O) groups excluding carboxylic acids is 2.